The van der Waals surface area contributed by atoms with Crippen LogP contribution in [-0.2, 0) is 14.8 Å². The maximum absolute atomic E-state index is 12.6. The summed E-state index contributed by atoms with van der Waals surface area (Å²) in [5, 5.41) is 0. The van der Waals surface area contributed by atoms with Crippen LogP contribution >= 0.6 is 0 Å². The zero-order valence-corrected chi connectivity index (χ0v) is 14.6. The number of benzene rings is 1. The third kappa shape index (κ3) is 4.23. The number of nitrogens with zero attached hydrogens (tertiary/aromatic N) is 1. The van der Waals surface area contributed by atoms with Crippen LogP contribution in [0.4, 0.5) is 0 Å². The van der Waals surface area contributed by atoms with Crippen molar-refractivity contribution in [2.45, 2.75) is 37.6 Å². The largest absolute Gasteiger partial charge is 0.497 e. The molecule has 1 aliphatic rings. The smallest absolute Gasteiger partial charge is 0.241 e. The number of amides is 1. The highest BCUT2D eigenvalue weighted by Crippen LogP contribution is 2.18. The van der Waals surface area contributed by atoms with E-state index < -0.39 is 16.1 Å². The summed E-state index contributed by atoms with van der Waals surface area (Å²) in [5.74, 6) is 0.309. The van der Waals surface area contributed by atoms with Crippen molar-refractivity contribution in [2.75, 3.05) is 20.2 Å². The Labute approximate surface area is 137 Å². The van der Waals surface area contributed by atoms with Gasteiger partial charge in [0.15, 0.2) is 0 Å². The molecule has 2 rings (SSSR count). The maximum Gasteiger partial charge on any atom is 0.241 e. The summed E-state index contributed by atoms with van der Waals surface area (Å²) in [6.45, 7) is 5.09. The van der Waals surface area contributed by atoms with Gasteiger partial charge in [-0.05, 0) is 43.0 Å². The van der Waals surface area contributed by atoms with Gasteiger partial charge in [0.2, 0.25) is 15.9 Å². The minimum absolute atomic E-state index is 0.123. The predicted octanol–water partition coefficient (Wildman–Crippen LogP) is 1.62. The normalized spacial score (nSPS) is 16.6. The first kappa shape index (κ1) is 17.7. The van der Waals surface area contributed by atoms with Gasteiger partial charge in [0, 0.05) is 13.1 Å². The SMILES string of the molecule is COc1ccc(S(=O)(=O)N[C@H](C(=O)N2CCCC2)C(C)C)cc1. The molecule has 0 radical (unpaired) electrons. The highest BCUT2D eigenvalue weighted by Gasteiger charge is 2.32. The van der Waals surface area contributed by atoms with Gasteiger partial charge in [0.25, 0.3) is 0 Å². The second-order valence-corrected chi connectivity index (χ2v) is 7.76. The van der Waals surface area contributed by atoms with Crippen molar-refractivity contribution >= 4 is 15.9 Å². The van der Waals surface area contributed by atoms with Gasteiger partial charge in [-0.15, -0.1) is 0 Å². The molecular weight excluding hydrogens is 316 g/mol. The molecule has 0 unspecified atom stereocenters. The van der Waals surface area contributed by atoms with E-state index in [0.717, 1.165) is 12.8 Å². The van der Waals surface area contributed by atoms with Crippen LogP contribution in [0.3, 0.4) is 0 Å². The maximum atomic E-state index is 12.6. The van der Waals surface area contributed by atoms with Gasteiger partial charge in [0.05, 0.1) is 12.0 Å². The number of carbonyl (C=O) groups is 1. The second kappa shape index (κ2) is 7.31. The van der Waals surface area contributed by atoms with Gasteiger partial charge in [-0.25, -0.2) is 8.42 Å². The van der Waals surface area contributed by atoms with Gasteiger partial charge in [-0.2, -0.15) is 4.72 Å². The Kier molecular flexibility index (Phi) is 5.64. The molecule has 7 heteroatoms. The number of ether oxygens (including phenoxy) is 1. The Hall–Kier alpha value is -1.60. The van der Waals surface area contributed by atoms with Crippen LogP contribution in [0.15, 0.2) is 29.2 Å². The average Bonchev–Trinajstić information content (AvgIpc) is 3.06. The Bertz CT molecular complexity index is 635. The lowest BCUT2D eigenvalue weighted by molar-refractivity contribution is -0.132. The summed E-state index contributed by atoms with van der Waals surface area (Å²) in [7, 11) is -2.24. The van der Waals surface area contributed by atoms with Crippen LogP contribution in [0.1, 0.15) is 26.7 Å². The first-order valence-electron chi connectivity index (χ1n) is 7.80. The summed E-state index contributed by atoms with van der Waals surface area (Å²) in [6, 6.07) is 5.36. The van der Waals surface area contributed by atoms with Gasteiger partial charge < -0.3 is 9.64 Å². The first-order chi connectivity index (χ1) is 10.8. The highest BCUT2D eigenvalue weighted by molar-refractivity contribution is 7.89. The summed E-state index contributed by atoms with van der Waals surface area (Å²) < 4.78 is 32.7. The lowest BCUT2D eigenvalue weighted by Crippen LogP contribution is -2.50. The van der Waals surface area contributed by atoms with E-state index in [1.54, 1.807) is 17.0 Å². The van der Waals surface area contributed by atoms with Crippen molar-refractivity contribution in [1.82, 2.24) is 9.62 Å². The molecular formula is C16H24N2O4S. The quantitative estimate of drug-likeness (QED) is 0.854. The third-order valence-corrected chi connectivity index (χ3v) is 5.46. The van der Waals surface area contributed by atoms with Crippen LogP contribution in [0, 0.1) is 5.92 Å². The van der Waals surface area contributed by atoms with Crippen LogP contribution in [0.25, 0.3) is 0 Å². The second-order valence-electron chi connectivity index (χ2n) is 6.05. The molecule has 0 saturated carbocycles. The van der Waals surface area contributed by atoms with Crippen LogP contribution in [0.5, 0.6) is 5.75 Å². The van der Waals surface area contributed by atoms with E-state index in [-0.39, 0.29) is 16.7 Å². The lowest BCUT2D eigenvalue weighted by Gasteiger charge is -2.26. The molecule has 1 atom stereocenters. The molecule has 1 saturated heterocycles. The van der Waals surface area contributed by atoms with E-state index in [1.807, 2.05) is 13.8 Å². The summed E-state index contributed by atoms with van der Waals surface area (Å²) in [5.41, 5.74) is 0. The fraction of sp³-hybridized carbons (Fsp3) is 0.562. The number of hydrogen-bond acceptors (Lipinski definition) is 4. The fourth-order valence-electron chi connectivity index (χ4n) is 2.60. The van der Waals surface area contributed by atoms with E-state index in [1.165, 1.54) is 19.2 Å². The third-order valence-electron chi connectivity index (χ3n) is 4.00. The van der Waals surface area contributed by atoms with E-state index in [4.69, 9.17) is 4.74 Å². The highest BCUT2D eigenvalue weighted by atomic mass is 32.2. The minimum atomic E-state index is -3.76. The van der Waals surface area contributed by atoms with Crippen molar-refractivity contribution in [3.8, 4) is 5.75 Å². The number of rotatable bonds is 6. The molecule has 128 valence electrons. The van der Waals surface area contributed by atoms with Crippen molar-refractivity contribution in [3.05, 3.63) is 24.3 Å². The van der Waals surface area contributed by atoms with E-state index >= 15 is 0 Å². The lowest BCUT2D eigenvalue weighted by atomic mass is 10.0. The number of methoxy groups -OCH3 is 1. The first-order valence-corrected chi connectivity index (χ1v) is 9.28. The summed E-state index contributed by atoms with van der Waals surface area (Å²) in [4.78, 5) is 14.4. The molecule has 23 heavy (non-hydrogen) atoms. The molecule has 0 spiro atoms. The summed E-state index contributed by atoms with van der Waals surface area (Å²) >= 11 is 0. The van der Waals surface area contributed by atoms with Crippen molar-refractivity contribution < 1.29 is 17.9 Å². The molecule has 1 fully saturated rings. The molecule has 6 nitrogen and oxygen atoms in total. The molecule has 0 aliphatic carbocycles. The van der Waals surface area contributed by atoms with Crippen LogP contribution in [0.2, 0.25) is 0 Å². The molecule has 1 aliphatic heterocycles. The average molecular weight is 340 g/mol. The van der Waals surface area contributed by atoms with Gasteiger partial charge in [-0.1, -0.05) is 13.8 Å². The van der Waals surface area contributed by atoms with E-state index in [2.05, 4.69) is 4.72 Å². The standard InChI is InChI=1S/C16H24N2O4S/c1-12(2)15(16(19)18-10-4-5-11-18)17-23(20,21)14-8-6-13(22-3)7-9-14/h6-9,12,15,17H,4-5,10-11H2,1-3H3/t15-/m0/s1. The number of carbonyl (C=O) groups excluding carboxylic acids is 1. The van der Waals surface area contributed by atoms with Crippen molar-refractivity contribution in [2.24, 2.45) is 5.92 Å². The molecule has 1 amide bonds. The molecule has 0 aromatic heterocycles. The minimum Gasteiger partial charge on any atom is -0.497 e. The van der Waals surface area contributed by atoms with Crippen LogP contribution in [-0.4, -0.2) is 45.5 Å². The predicted molar refractivity (Wildman–Crippen MR) is 87.8 cm³/mol. The summed E-state index contributed by atoms with van der Waals surface area (Å²) in [6.07, 6.45) is 1.95. The Morgan fingerprint density at radius 2 is 1.74 bits per heavy atom. The molecule has 1 heterocycles. The Morgan fingerprint density at radius 3 is 2.22 bits per heavy atom. The van der Waals surface area contributed by atoms with E-state index in [0.29, 0.717) is 18.8 Å². The van der Waals surface area contributed by atoms with Gasteiger partial charge in [-0.3, -0.25) is 4.79 Å². The molecule has 0 bridgehead atoms. The Morgan fingerprint density at radius 1 is 1.17 bits per heavy atom. The van der Waals surface area contributed by atoms with Gasteiger partial charge in [0.1, 0.15) is 11.8 Å². The number of nitrogens with one attached hydrogen (secondary N) is 1. The van der Waals surface area contributed by atoms with E-state index in [9.17, 15) is 13.2 Å². The number of likely N-dealkylation sites (tertiary alicyclic amines) is 1. The fourth-order valence-corrected chi connectivity index (χ4v) is 3.93. The topological polar surface area (TPSA) is 75.7 Å². The Balaban J connectivity index is 2.18. The zero-order chi connectivity index (χ0) is 17.0. The number of hydrogen-bond donors (Lipinski definition) is 1. The molecule has 1 aromatic carbocycles. The van der Waals surface area contributed by atoms with Crippen molar-refractivity contribution in [3.63, 3.8) is 0 Å². The zero-order valence-electron chi connectivity index (χ0n) is 13.8. The number of sulfonamides is 1. The van der Waals surface area contributed by atoms with Crippen LogP contribution < -0.4 is 9.46 Å². The monoisotopic (exact) mass is 340 g/mol. The molecule has 1 aromatic rings. The van der Waals surface area contributed by atoms with Gasteiger partial charge >= 0.3 is 0 Å². The molecule has 1 N–H and O–H groups in total. The van der Waals surface area contributed by atoms with Crippen molar-refractivity contribution in [1.29, 1.82) is 0 Å².